The quantitative estimate of drug-likeness (QED) is 0.249. The van der Waals surface area contributed by atoms with Crippen LogP contribution in [0.15, 0.2) is 61.9 Å². The standard InChI is InChI=1S/C17H12BrClN2O4S/c18-10-3-5-13(12(19)8-10)23-9-11-4-6-14(24-11)17(22)25-21-16(20)15-2-1-7-26-15/h1-8H,9H2,(H2,20,21). The third-order valence-corrected chi connectivity index (χ3v) is 4.81. The van der Waals surface area contributed by atoms with Crippen LogP contribution >= 0.6 is 38.9 Å². The van der Waals surface area contributed by atoms with E-state index >= 15 is 0 Å². The van der Waals surface area contributed by atoms with Crippen LogP contribution in [-0.2, 0) is 11.4 Å². The van der Waals surface area contributed by atoms with Crippen molar-refractivity contribution in [2.24, 2.45) is 10.9 Å². The average molecular weight is 456 g/mol. The summed E-state index contributed by atoms with van der Waals surface area (Å²) in [5.74, 6) is 0.300. The van der Waals surface area contributed by atoms with Gasteiger partial charge in [-0.25, -0.2) is 4.79 Å². The van der Waals surface area contributed by atoms with Crippen LogP contribution < -0.4 is 10.5 Å². The molecule has 0 saturated carbocycles. The van der Waals surface area contributed by atoms with Crippen LogP contribution in [0.4, 0.5) is 0 Å². The maximum Gasteiger partial charge on any atom is 0.400 e. The number of halogens is 2. The average Bonchev–Trinajstić information content (AvgIpc) is 3.30. The maximum atomic E-state index is 12.0. The highest BCUT2D eigenvalue weighted by molar-refractivity contribution is 9.10. The Balaban J connectivity index is 1.58. The number of thiophene rings is 1. The van der Waals surface area contributed by atoms with Crippen LogP contribution in [-0.4, -0.2) is 11.8 Å². The lowest BCUT2D eigenvalue weighted by atomic mass is 10.3. The predicted molar refractivity (Wildman–Crippen MR) is 103 cm³/mol. The van der Waals surface area contributed by atoms with Crippen molar-refractivity contribution in [2.45, 2.75) is 6.61 Å². The predicted octanol–water partition coefficient (Wildman–Crippen LogP) is 4.81. The third-order valence-electron chi connectivity index (χ3n) is 3.13. The molecule has 0 unspecified atom stereocenters. The minimum atomic E-state index is -0.752. The van der Waals surface area contributed by atoms with Gasteiger partial charge in [-0.1, -0.05) is 38.8 Å². The van der Waals surface area contributed by atoms with Crippen LogP contribution in [0.3, 0.4) is 0 Å². The molecule has 0 aliphatic carbocycles. The zero-order chi connectivity index (χ0) is 18.5. The van der Waals surface area contributed by atoms with Gasteiger partial charge in [-0.15, -0.1) is 11.3 Å². The largest absolute Gasteiger partial charge is 0.484 e. The summed E-state index contributed by atoms with van der Waals surface area (Å²) in [6, 6.07) is 11.9. The van der Waals surface area contributed by atoms with Crippen molar-refractivity contribution < 1.29 is 18.8 Å². The van der Waals surface area contributed by atoms with Gasteiger partial charge in [0, 0.05) is 4.47 Å². The molecule has 3 aromatic rings. The van der Waals surface area contributed by atoms with E-state index in [-0.39, 0.29) is 18.2 Å². The van der Waals surface area contributed by atoms with E-state index in [0.29, 0.717) is 21.4 Å². The van der Waals surface area contributed by atoms with Crippen molar-refractivity contribution in [1.29, 1.82) is 0 Å². The minimum Gasteiger partial charge on any atom is -0.484 e. The van der Waals surface area contributed by atoms with Crippen LogP contribution in [0, 0.1) is 0 Å². The number of amidine groups is 1. The number of oxime groups is 1. The Morgan fingerprint density at radius 1 is 1.31 bits per heavy atom. The first-order chi connectivity index (χ1) is 12.5. The zero-order valence-corrected chi connectivity index (χ0v) is 16.3. The summed E-state index contributed by atoms with van der Waals surface area (Å²) in [5, 5.41) is 5.91. The molecule has 0 aliphatic rings. The van der Waals surface area contributed by atoms with E-state index in [4.69, 9.17) is 31.3 Å². The molecule has 134 valence electrons. The zero-order valence-electron chi connectivity index (χ0n) is 13.1. The van der Waals surface area contributed by atoms with Gasteiger partial charge in [0.25, 0.3) is 0 Å². The van der Waals surface area contributed by atoms with Crippen LogP contribution in [0.1, 0.15) is 21.2 Å². The van der Waals surface area contributed by atoms with Gasteiger partial charge in [0.1, 0.15) is 18.1 Å². The minimum absolute atomic E-state index is 0.00627. The van der Waals surface area contributed by atoms with E-state index in [0.717, 1.165) is 4.47 Å². The summed E-state index contributed by atoms with van der Waals surface area (Å²) < 4.78 is 11.8. The van der Waals surface area contributed by atoms with E-state index in [1.54, 1.807) is 24.3 Å². The molecule has 2 aromatic heterocycles. The van der Waals surface area contributed by atoms with Gasteiger partial charge in [-0.2, -0.15) is 0 Å². The highest BCUT2D eigenvalue weighted by Crippen LogP contribution is 2.28. The molecule has 26 heavy (non-hydrogen) atoms. The highest BCUT2D eigenvalue weighted by atomic mass is 79.9. The van der Waals surface area contributed by atoms with Gasteiger partial charge in [0.15, 0.2) is 5.84 Å². The number of benzene rings is 1. The lowest BCUT2D eigenvalue weighted by Crippen LogP contribution is -2.13. The number of hydrogen-bond donors (Lipinski definition) is 1. The van der Waals surface area contributed by atoms with E-state index in [1.165, 1.54) is 17.4 Å². The fourth-order valence-electron chi connectivity index (χ4n) is 1.91. The molecular formula is C17H12BrClN2O4S. The Hall–Kier alpha value is -2.29. The second-order valence-corrected chi connectivity index (χ2v) is 7.23. The lowest BCUT2D eigenvalue weighted by Gasteiger charge is -2.06. The number of furan rings is 1. The fraction of sp³-hybridized carbons (Fsp3) is 0.0588. The molecule has 0 aliphatic heterocycles. The van der Waals surface area contributed by atoms with Gasteiger partial charge >= 0.3 is 5.97 Å². The summed E-state index contributed by atoms with van der Waals surface area (Å²) in [4.78, 5) is 17.5. The molecule has 0 fully saturated rings. The number of hydrogen-bond acceptors (Lipinski definition) is 6. The van der Waals surface area contributed by atoms with Crippen LogP contribution in [0.2, 0.25) is 5.02 Å². The summed E-state index contributed by atoms with van der Waals surface area (Å²) in [6.45, 7) is 0.106. The first-order valence-corrected chi connectivity index (χ1v) is 9.33. The van der Waals surface area contributed by atoms with Crippen molar-refractivity contribution in [3.05, 3.63) is 73.7 Å². The van der Waals surface area contributed by atoms with E-state index in [1.807, 2.05) is 17.5 Å². The SMILES string of the molecule is N/C(=N\OC(=O)c1ccc(COc2ccc(Br)cc2Cl)o1)c1cccs1. The monoisotopic (exact) mass is 454 g/mol. The third kappa shape index (κ3) is 4.66. The number of ether oxygens (including phenoxy) is 1. The highest BCUT2D eigenvalue weighted by Gasteiger charge is 2.14. The number of nitrogens with zero attached hydrogens (tertiary/aromatic N) is 1. The first-order valence-electron chi connectivity index (χ1n) is 7.28. The Labute approximate surface area is 166 Å². The molecule has 0 radical (unpaired) electrons. The molecule has 1 aromatic carbocycles. The van der Waals surface area contributed by atoms with Crippen molar-refractivity contribution in [1.82, 2.24) is 0 Å². The van der Waals surface area contributed by atoms with E-state index in [9.17, 15) is 4.79 Å². The van der Waals surface area contributed by atoms with Gasteiger partial charge in [-0.3, -0.25) is 0 Å². The Morgan fingerprint density at radius 3 is 2.88 bits per heavy atom. The molecule has 0 saturated heterocycles. The molecule has 9 heteroatoms. The normalized spacial score (nSPS) is 11.4. The molecule has 0 bridgehead atoms. The Morgan fingerprint density at radius 2 is 2.15 bits per heavy atom. The van der Waals surface area contributed by atoms with Crippen LogP contribution in [0.25, 0.3) is 0 Å². The fourth-order valence-corrected chi connectivity index (χ4v) is 3.26. The second-order valence-electron chi connectivity index (χ2n) is 4.96. The van der Waals surface area contributed by atoms with Gasteiger partial charge in [-0.05, 0) is 41.8 Å². The second kappa shape index (κ2) is 8.39. The number of carbonyl (C=O) groups is 1. The summed E-state index contributed by atoms with van der Waals surface area (Å²) in [6.07, 6.45) is 0. The van der Waals surface area contributed by atoms with Gasteiger partial charge in [0.2, 0.25) is 5.76 Å². The van der Waals surface area contributed by atoms with Crippen molar-refractivity contribution in [3.63, 3.8) is 0 Å². The Bertz CT molecular complexity index is 940. The first kappa shape index (κ1) is 18.5. The topological polar surface area (TPSA) is 87.1 Å². The summed E-state index contributed by atoms with van der Waals surface area (Å²) >= 11 is 10.8. The van der Waals surface area contributed by atoms with E-state index in [2.05, 4.69) is 21.1 Å². The molecule has 0 spiro atoms. The van der Waals surface area contributed by atoms with Crippen LogP contribution in [0.5, 0.6) is 5.75 Å². The van der Waals surface area contributed by atoms with E-state index < -0.39 is 5.97 Å². The summed E-state index contributed by atoms with van der Waals surface area (Å²) in [7, 11) is 0. The Kier molecular flexibility index (Phi) is 5.97. The number of rotatable bonds is 6. The molecule has 0 atom stereocenters. The molecule has 0 amide bonds. The number of carbonyl (C=O) groups excluding carboxylic acids is 1. The maximum absolute atomic E-state index is 12.0. The molecular weight excluding hydrogens is 444 g/mol. The summed E-state index contributed by atoms with van der Waals surface area (Å²) in [5.41, 5.74) is 5.72. The van der Waals surface area contributed by atoms with Crippen molar-refractivity contribution in [3.8, 4) is 5.75 Å². The van der Waals surface area contributed by atoms with Crippen molar-refractivity contribution in [2.75, 3.05) is 0 Å². The smallest absolute Gasteiger partial charge is 0.400 e. The number of nitrogens with two attached hydrogens (primary N) is 1. The van der Waals surface area contributed by atoms with Gasteiger partial charge < -0.3 is 19.7 Å². The molecule has 2 N–H and O–H groups in total. The van der Waals surface area contributed by atoms with Crippen molar-refractivity contribution >= 4 is 50.7 Å². The molecule has 3 rings (SSSR count). The molecule has 6 nitrogen and oxygen atoms in total. The molecule has 2 heterocycles. The lowest BCUT2D eigenvalue weighted by molar-refractivity contribution is 0.0475. The van der Waals surface area contributed by atoms with Gasteiger partial charge in [0.05, 0.1) is 9.90 Å².